The Bertz CT molecular complexity index is 1110. The SMILES string of the molecule is CC(C)CC(NC(=O)C(Cc1ccccc1)NC(=O)C(Cc1ccc(O)cc1)NC(=O)C(N)C(C)O)C(=O)O. The van der Waals surface area contributed by atoms with Crippen molar-refractivity contribution in [3.8, 4) is 5.75 Å². The summed E-state index contributed by atoms with van der Waals surface area (Å²) in [7, 11) is 0. The largest absolute Gasteiger partial charge is 0.508 e. The molecule has 0 fully saturated rings. The molecule has 2 aromatic rings. The Morgan fingerprint density at radius 2 is 1.21 bits per heavy atom. The number of aliphatic hydroxyl groups is 1. The van der Waals surface area contributed by atoms with E-state index < -0.39 is 54.0 Å². The van der Waals surface area contributed by atoms with Gasteiger partial charge in [-0.15, -0.1) is 0 Å². The third kappa shape index (κ3) is 10.4. The summed E-state index contributed by atoms with van der Waals surface area (Å²) in [5.41, 5.74) is 7.08. The van der Waals surface area contributed by atoms with Gasteiger partial charge in [0.15, 0.2) is 0 Å². The van der Waals surface area contributed by atoms with Gasteiger partial charge in [-0.3, -0.25) is 14.4 Å². The highest BCUT2D eigenvalue weighted by molar-refractivity contribution is 5.94. The summed E-state index contributed by atoms with van der Waals surface area (Å²) in [5, 5.41) is 36.6. The van der Waals surface area contributed by atoms with Gasteiger partial charge in [0.1, 0.15) is 29.9 Å². The van der Waals surface area contributed by atoms with E-state index in [0.717, 1.165) is 5.56 Å². The standard InChI is InChI=1S/C28H38N4O7/c1-16(2)13-23(28(38)39)32-26(36)21(14-18-7-5-4-6-8-18)30-25(35)22(31-27(37)24(29)17(3)33)15-19-9-11-20(34)12-10-19/h4-12,16-17,21-24,33-34H,13-15,29H2,1-3H3,(H,30,35)(H,31,37)(H,32,36)(H,38,39). The van der Waals surface area contributed by atoms with Gasteiger partial charge in [-0.25, -0.2) is 4.79 Å². The molecule has 8 N–H and O–H groups in total. The van der Waals surface area contributed by atoms with Crippen molar-refractivity contribution in [2.45, 2.75) is 70.3 Å². The number of aromatic hydroxyl groups is 1. The van der Waals surface area contributed by atoms with Crippen molar-refractivity contribution in [2.24, 2.45) is 11.7 Å². The zero-order chi connectivity index (χ0) is 29.1. The Morgan fingerprint density at radius 1 is 0.744 bits per heavy atom. The highest BCUT2D eigenvalue weighted by Crippen LogP contribution is 2.13. The first-order chi connectivity index (χ1) is 18.4. The molecule has 0 spiro atoms. The minimum absolute atomic E-state index is 0.00316. The summed E-state index contributed by atoms with van der Waals surface area (Å²) in [4.78, 5) is 51.1. The number of hydrogen-bond donors (Lipinski definition) is 7. The Kier molecular flexibility index (Phi) is 11.9. The molecule has 2 aromatic carbocycles. The number of nitrogens with one attached hydrogen (secondary N) is 3. The van der Waals surface area contributed by atoms with Crippen molar-refractivity contribution in [3.05, 3.63) is 65.7 Å². The molecule has 0 aliphatic heterocycles. The van der Waals surface area contributed by atoms with Crippen LogP contribution in [0.25, 0.3) is 0 Å². The molecule has 0 heterocycles. The highest BCUT2D eigenvalue weighted by Gasteiger charge is 2.31. The van der Waals surface area contributed by atoms with Gasteiger partial charge in [-0.05, 0) is 42.5 Å². The number of amides is 3. The molecule has 5 unspecified atom stereocenters. The van der Waals surface area contributed by atoms with Crippen LogP contribution in [0.15, 0.2) is 54.6 Å². The van der Waals surface area contributed by atoms with Crippen LogP contribution in [0.1, 0.15) is 38.3 Å². The first-order valence-corrected chi connectivity index (χ1v) is 12.8. The average molecular weight is 543 g/mol. The number of carboxylic acids is 1. The predicted octanol–water partition coefficient (Wildman–Crippen LogP) is 0.471. The number of rotatable bonds is 14. The smallest absolute Gasteiger partial charge is 0.326 e. The number of hydrogen-bond acceptors (Lipinski definition) is 7. The molecule has 0 radical (unpaired) electrons. The summed E-state index contributed by atoms with van der Waals surface area (Å²) in [6.07, 6.45) is -0.911. The fourth-order valence-electron chi connectivity index (χ4n) is 3.86. The minimum Gasteiger partial charge on any atom is -0.508 e. The Balaban J connectivity index is 2.32. The average Bonchev–Trinajstić information content (AvgIpc) is 2.88. The lowest BCUT2D eigenvalue weighted by Gasteiger charge is -2.26. The van der Waals surface area contributed by atoms with E-state index in [2.05, 4.69) is 16.0 Å². The number of carbonyl (C=O) groups excluding carboxylic acids is 3. The van der Waals surface area contributed by atoms with Crippen LogP contribution >= 0.6 is 0 Å². The Hall–Kier alpha value is -3.96. The maximum absolute atomic E-state index is 13.5. The minimum atomic E-state index is -1.30. The lowest BCUT2D eigenvalue weighted by Crippen LogP contribution is -2.59. The number of aliphatic hydroxyl groups excluding tert-OH is 1. The normalized spacial score (nSPS) is 14.9. The number of phenolic OH excluding ortho intramolecular Hbond substituents is 1. The second-order valence-corrected chi connectivity index (χ2v) is 9.98. The fourth-order valence-corrected chi connectivity index (χ4v) is 3.86. The predicted molar refractivity (Wildman–Crippen MR) is 144 cm³/mol. The van der Waals surface area contributed by atoms with Crippen molar-refractivity contribution in [2.75, 3.05) is 0 Å². The maximum atomic E-state index is 13.5. The van der Waals surface area contributed by atoms with Gasteiger partial charge in [0.2, 0.25) is 17.7 Å². The molecule has 5 atom stereocenters. The quantitative estimate of drug-likeness (QED) is 0.179. The molecule has 39 heavy (non-hydrogen) atoms. The van der Waals surface area contributed by atoms with E-state index in [0.29, 0.717) is 5.56 Å². The number of carboxylic acid groups (broad SMARTS) is 1. The van der Waals surface area contributed by atoms with Crippen molar-refractivity contribution < 1.29 is 34.5 Å². The van der Waals surface area contributed by atoms with E-state index >= 15 is 0 Å². The Morgan fingerprint density at radius 3 is 1.67 bits per heavy atom. The van der Waals surface area contributed by atoms with Gasteiger partial charge in [0, 0.05) is 12.8 Å². The van der Waals surface area contributed by atoms with Gasteiger partial charge < -0.3 is 37.0 Å². The third-order valence-electron chi connectivity index (χ3n) is 6.07. The van der Waals surface area contributed by atoms with Crippen LogP contribution in [0.3, 0.4) is 0 Å². The number of phenols is 1. The first-order valence-electron chi connectivity index (χ1n) is 12.8. The van der Waals surface area contributed by atoms with Crippen molar-refractivity contribution in [1.82, 2.24) is 16.0 Å². The lowest BCUT2D eigenvalue weighted by molar-refractivity contribution is -0.142. The maximum Gasteiger partial charge on any atom is 0.326 e. The second-order valence-electron chi connectivity index (χ2n) is 9.98. The topological polar surface area (TPSA) is 191 Å². The van der Waals surface area contributed by atoms with Crippen LogP contribution in [0.4, 0.5) is 0 Å². The van der Waals surface area contributed by atoms with Crippen molar-refractivity contribution >= 4 is 23.7 Å². The molecular weight excluding hydrogens is 504 g/mol. The highest BCUT2D eigenvalue weighted by atomic mass is 16.4. The van der Waals surface area contributed by atoms with Gasteiger partial charge in [-0.1, -0.05) is 56.3 Å². The Labute approximate surface area is 227 Å². The molecule has 0 aromatic heterocycles. The summed E-state index contributed by atoms with van der Waals surface area (Å²) < 4.78 is 0. The molecule has 2 rings (SSSR count). The van der Waals surface area contributed by atoms with Gasteiger partial charge >= 0.3 is 5.97 Å². The molecule has 11 heteroatoms. The summed E-state index contributed by atoms with van der Waals surface area (Å²) >= 11 is 0. The second kappa shape index (κ2) is 14.8. The molecule has 0 bridgehead atoms. The summed E-state index contributed by atoms with van der Waals surface area (Å²) in [6, 6.07) is 10.1. The molecule has 0 saturated carbocycles. The lowest BCUT2D eigenvalue weighted by atomic mass is 10.0. The van der Waals surface area contributed by atoms with E-state index in [1.165, 1.54) is 19.1 Å². The summed E-state index contributed by atoms with van der Waals surface area (Å²) in [6.45, 7) is 5.01. The monoisotopic (exact) mass is 542 g/mol. The van der Waals surface area contributed by atoms with Crippen molar-refractivity contribution in [3.63, 3.8) is 0 Å². The van der Waals surface area contributed by atoms with Gasteiger partial charge in [0.05, 0.1) is 6.10 Å². The van der Waals surface area contributed by atoms with E-state index in [1.54, 1.807) is 42.5 Å². The molecule has 3 amide bonds. The third-order valence-corrected chi connectivity index (χ3v) is 6.07. The summed E-state index contributed by atoms with van der Waals surface area (Å²) in [5.74, 6) is -3.33. The van der Waals surface area contributed by atoms with E-state index in [4.69, 9.17) is 5.73 Å². The zero-order valence-electron chi connectivity index (χ0n) is 22.3. The van der Waals surface area contributed by atoms with Gasteiger partial charge in [0.25, 0.3) is 0 Å². The van der Waals surface area contributed by atoms with Crippen LogP contribution in [-0.2, 0) is 32.0 Å². The molecule has 0 aliphatic rings. The number of benzene rings is 2. The molecule has 0 aliphatic carbocycles. The number of carbonyl (C=O) groups is 4. The first kappa shape index (κ1) is 31.3. The van der Waals surface area contributed by atoms with Crippen LogP contribution in [-0.4, -0.2) is 69.3 Å². The van der Waals surface area contributed by atoms with Crippen LogP contribution in [0.5, 0.6) is 5.75 Å². The van der Waals surface area contributed by atoms with E-state index in [1.807, 2.05) is 13.8 Å². The van der Waals surface area contributed by atoms with Crippen LogP contribution < -0.4 is 21.7 Å². The molecular formula is C28H38N4O7. The van der Waals surface area contributed by atoms with Crippen LogP contribution in [0, 0.1) is 5.92 Å². The molecule has 0 saturated heterocycles. The van der Waals surface area contributed by atoms with E-state index in [-0.39, 0.29) is 30.9 Å². The molecule has 11 nitrogen and oxygen atoms in total. The van der Waals surface area contributed by atoms with Gasteiger partial charge in [-0.2, -0.15) is 0 Å². The number of nitrogens with two attached hydrogens (primary N) is 1. The van der Waals surface area contributed by atoms with E-state index in [9.17, 15) is 34.5 Å². The van der Waals surface area contributed by atoms with Crippen LogP contribution in [0.2, 0.25) is 0 Å². The zero-order valence-corrected chi connectivity index (χ0v) is 22.3. The fraction of sp³-hybridized carbons (Fsp3) is 0.429. The van der Waals surface area contributed by atoms with Crippen molar-refractivity contribution in [1.29, 1.82) is 0 Å². The molecule has 212 valence electrons. The number of aliphatic carboxylic acids is 1.